The monoisotopic (exact) mass is 425 g/mol. The van der Waals surface area contributed by atoms with Crippen molar-refractivity contribution in [3.63, 3.8) is 0 Å². The summed E-state index contributed by atoms with van der Waals surface area (Å²) >= 11 is 6.05. The first-order valence-corrected chi connectivity index (χ1v) is 10.5. The van der Waals surface area contributed by atoms with E-state index in [4.69, 9.17) is 25.8 Å². The van der Waals surface area contributed by atoms with Crippen molar-refractivity contribution in [1.29, 1.82) is 0 Å². The predicted octanol–water partition coefficient (Wildman–Crippen LogP) is 5.66. The number of rotatable bonds is 11. The fourth-order valence-corrected chi connectivity index (χ4v) is 3.42. The average Bonchev–Trinajstić information content (AvgIpc) is 2.76. The van der Waals surface area contributed by atoms with Crippen LogP contribution in [0.2, 0.25) is 5.02 Å². The normalized spacial score (nSPS) is 10.6. The molecule has 0 aliphatic heterocycles. The first-order valence-electron chi connectivity index (χ1n) is 10.1. The summed E-state index contributed by atoms with van der Waals surface area (Å²) in [4.78, 5) is 0. The van der Waals surface area contributed by atoms with Gasteiger partial charge in [-0.3, -0.25) is 0 Å². The fourth-order valence-electron chi connectivity index (χ4n) is 3.20. The second-order valence-corrected chi connectivity index (χ2v) is 7.31. The summed E-state index contributed by atoms with van der Waals surface area (Å²) in [6, 6.07) is 21.8. The Morgan fingerprint density at radius 1 is 0.833 bits per heavy atom. The van der Waals surface area contributed by atoms with Crippen molar-refractivity contribution in [2.24, 2.45) is 0 Å². The van der Waals surface area contributed by atoms with E-state index in [1.54, 1.807) is 7.11 Å². The largest absolute Gasteiger partial charge is 0.496 e. The molecule has 0 amide bonds. The average molecular weight is 426 g/mol. The molecule has 0 aliphatic rings. The van der Waals surface area contributed by atoms with Crippen LogP contribution in [0.4, 0.5) is 0 Å². The van der Waals surface area contributed by atoms with Gasteiger partial charge in [-0.05, 0) is 66.9 Å². The van der Waals surface area contributed by atoms with Gasteiger partial charge < -0.3 is 19.5 Å². The first kappa shape index (κ1) is 22.0. The third-order valence-electron chi connectivity index (χ3n) is 4.68. The van der Waals surface area contributed by atoms with Gasteiger partial charge >= 0.3 is 0 Å². The topological polar surface area (TPSA) is 39.7 Å². The maximum absolute atomic E-state index is 6.05. The van der Waals surface area contributed by atoms with E-state index in [1.807, 2.05) is 61.5 Å². The number of benzene rings is 3. The van der Waals surface area contributed by atoms with Crippen LogP contribution in [0.3, 0.4) is 0 Å². The maximum atomic E-state index is 6.05. The quantitative estimate of drug-likeness (QED) is 0.402. The van der Waals surface area contributed by atoms with E-state index in [0.29, 0.717) is 18.2 Å². The molecule has 0 fully saturated rings. The standard InChI is InChI=1S/C25H28ClNO3/c1-3-29-25-16-19(17-27-14-13-21-8-4-5-10-23(21)28-2)11-12-24(25)30-18-20-7-6-9-22(26)15-20/h4-12,15-16,27H,3,13-14,17-18H2,1-2H3. The molecule has 30 heavy (non-hydrogen) atoms. The molecule has 3 aromatic carbocycles. The highest BCUT2D eigenvalue weighted by atomic mass is 35.5. The molecule has 158 valence electrons. The molecule has 0 heterocycles. The molecular formula is C25H28ClNO3. The minimum absolute atomic E-state index is 0.442. The first-order chi connectivity index (χ1) is 14.7. The SMILES string of the molecule is CCOc1cc(CNCCc2ccccc2OC)ccc1OCc1cccc(Cl)c1. The summed E-state index contributed by atoms with van der Waals surface area (Å²) in [6.45, 7) is 4.61. The number of para-hydroxylation sites is 1. The molecule has 3 rings (SSSR count). The number of nitrogens with one attached hydrogen (secondary N) is 1. The van der Waals surface area contributed by atoms with Gasteiger partial charge in [-0.15, -0.1) is 0 Å². The Morgan fingerprint density at radius 2 is 1.70 bits per heavy atom. The van der Waals surface area contributed by atoms with Crippen molar-refractivity contribution >= 4 is 11.6 Å². The van der Waals surface area contributed by atoms with E-state index in [0.717, 1.165) is 47.9 Å². The second-order valence-electron chi connectivity index (χ2n) is 6.87. The van der Waals surface area contributed by atoms with Crippen molar-refractivity contribution in [2.75, 3.05) is 20.3 Å². The van der Waals surface area contributed by atoms with Crippen LogP contribution in [0.15, 0.2) is 66.7 Å². The highest BCUT2D eigenvalue weighted by Crippen LogP contribution is 2.29. The Morgan fingerprint density at radius 3 is 2.50 bits per heavy atom. The molecule has 3 aromatic rings. The summed E-state index contributed by atoms with van der Waals surface area (Å²) in [7, 11) is 1.71. The van der Waals surface area contributed by atoms with E-state index >= 15 is 0 Å². The van der Waals surface area contributed by atoms with Gasteiger partial charge in [-0.2, -0.15) is 0 Å². The van der Waals surface area contributed by atoms with Gasteiger partial charge in [0.1, 0.15) is 12.4 Å². The summed E-state index contributed by atoms with van der Waals surface area (Å²) in [5.74, 6) is 2.41. The third-order valence-corrected chi connectivity index (χ3v) is 4.92. The van der Waals surface area contributed by atoms with Gasteiger partial charge in [-0.25, -0.2) is 0 Å². The highest BCUT2D eigenvalue weighted by molar-refractivity contribution is 6.30. The zero-order valence-corrected chi connectivity index (χ0v) is 18.2. The van der Waals surface area contributed by atoms with Gasteiger partial charge in [0.15, 0.2) is 11.5 Å². The molecule has 0 aliphatic carbocycles. The lowest BCUT2D eigenvalue weighted by Crippen LogP contribution is -2.17. The Balaban J connectivity index is 1.56. The molecule has 4 nitrogen and oxygen atoms in total. The minimum Gasteiger partial charge on any atom is -0.496 e. The second kappa shape index (κ2) is 11.5. The summed E-state index contributed by atoms with van der Waals surface area (Å²) in [6.07, 6.45) is 0.906. The molecule has 0 atom stereocenters. The van der Waals surface area contributed by atoms with Crippen LogP contribution in [0.1, 0.15) is 23.6 Å². The molecule has 0 aromatic heterocycles. The van der Waals surface area contributed by atoms with Gasteiger partial charge in [0.05, 0.1) is 13.7 Å². The van der Waals surface area contributed by atoms with Gasteiger partial charge in [0, 0.05) is 11.6 Å². The van der Waals surface area contributed by atoms with E-state index in [9.17, 15) is 0 Å². The molecule has 0 saturated heterocycles. The molecule has 0 spiro atoms. The van der Waals surface area contributed by atoms with E-state index in [-0.39, 0.29) is 0 Å². The molecule has 1 N–H and O–H groups in total. The van der Waals surface area contributed by atoms with E-state index < -0.39 is 0 Å². The summed E-state index contributed by atoms with van der Waals surface area (Å²) in [5, 5.41) is 4.19. The van der Waals surface area contributed by atoms with E-state index in [2.05, 4.69) is 17.4 Å². The lowest BCUT2D eigenvalue weighted by molar-refractivity contribution is 0.269. The third kappa shape index (κ3) is 6.41. The molecule has 0 unspecified atom stereocenters. The van der Waals surface area contributed by atoms with Crippen molar-refractivity contribution in [1.82, 2.24) is 5.32 Å². The van der Waals surface area contributed by atoms with Crippen LogP contribution in [0.25, 0.3) is 0 Å². The number of ether oxygens (including phenoxy) is 3. The van der Waals surface area contributed by atoms with E-state index in [1.165, 1.54) is 5.56 Å². The van der Waals surface area contributed by atoms with Gasteiger partial charge in [-0.1, -0.05) is 48.0 Å². The van der Waals surface area contributed by atoms with Crippen molar-refractivity contribution < 1.29 is 14.2 Å². The number of hydrogen-bond acceptors (Lipinski definition) is 4. The summed E-state index contributed by atoms with van der Waals surface area (Å²) in [5.41, 5.74) is 3.37. The molecule has 5 heteroatoms. The van der Waals surface area contributed by atoms with Crippen LogP contribution in [-0.2, 0) is 19.6 Å². The molecule has 0 saturated carbocycles. The Bertz CT molecular complexity index is 945. The minimum atomic E-state index is 0.442. The lowest BCUT2D eigenvalue weighted by atomic mass is 10.1. The summed E-state index contributed by atoms with van der Waals surface area (Å²) < 4.78 is 17.2. The van der Waals surface area contributed by atoms with Crippen LogP contribution in [0.5, 0.6) is 17.2 Å². The zero-order valence-electron chi connectivity index (χ0n) is 17.5. The Labute approximate surface area is 183 Å². The number of halogens is 1. The molecule has 0 bridgehead atoms. The Kier molecular flexibility index (Phi) is 8.42. The van der Waals surface area contributed by atoms with Gasteiger partial charge in [0.25, 0.3) is 0 Å². The van der Waals surface area contributed by atoms with Crippen LogP contribution in [0, 0.1) is 0 Å². The number of hydrogen-bond donors (Lipinski definition) is 1. The highest BCUT2D eigenvalue weighted by Gasteiger charge is 2.08. The van der Waals surface area contributed by atoms with Crippen molar-refractivity contribution in [3.05, 3.63) is 88.4 Å². The van der Waals surface area contributed by atoms with Crippen LogP contribution >= 0.6 is 11.6 Å². The predicted molar refractivity (Wildman–Crippen MR) is 122 cm³/mol. The number of methoxy groups -OCH3 is 1. The molecule has 0 radical (unpaired) electrons. The van der Waals surface area contributed by atoms with Crippen molar-refractivity contribution in [3.8, 4) is 17.2 Å². The van der Waals surface area contributed by atoms with Crippen molar-refractivity contribution in [2.45, 2.75) is 26.5 Å². The smallest absolute Gasteiger partial charge is 0.161 e. The molecular weight excluding hydrogens is 398 g/mol. The van der Waals surface area contributed by atoms with Gasteiger partial charge in [0.2, 0.25) is 0 Å². The van der Waals surface area contributed by atoms with Crippen LogP contribution in [-0.4, -0.2) is 20.3 Å². The fraction of sp³-hybridized carbons (Fsp3) is 0.280. The van der Waals surface area contributed by atoms with Crippen LogP contribution < -0.4 is 19.5 Å². The lowest BCUT2D eigenvalue weighted by Gasteiger charge is -2.14. The Hall–Kier alpha value is -2.69. The zero-order chi connectivity index (χ0) is 21.2. The maximum Gasteiger partial charge on any atom is 0.161 e.